The normalized spacial score (nSPS) is 13.2. The van der Waals surface area contributed by atoms with Gasteiger partial charge in [0, 0.05) is 29.5 Å². The van der Waals surface area contributed by atoms with E-state index in [1.165, 1.54) is 18.6 Å². The Kier molecular flexibility index (Phi) is 5.03. The summed E-state index contributed by atoms with van der Waals surface area (Å²) in [6.07, 6.45) is 2.77. The Morgan fingerprint density at radius 3 is 2.66 bits per heavy atom. The third-order valence-electron chi connectivity index (χ3n) is 5.41. The van der Waals surface area contributed by atoms with E-state index in [1.807, 2.05) is 0 Å². The Labute approximate surface area is 182 Å². The quantitative estimate of drug-likeness (QED) is 0.477. The van der Waals surface area contributed by atoms with E-state index in [0.717, 1.165) is 0 Å². The number of phenolic OH excluding ortho intramolecular Hbond substituents is 1. The lowest BCUT2D eigenvalue weighted by molar-refractivity contribution is -0.121. The van der Waals surface area contributed by atoms with E-state index in [0.29, 0.717) is 33.8 Å². The molecular formula is C24H19NO7. The Morgan fingerprint density at radius 2 is 1.84 bits per heavy atom. The maximum Gasteiger partial charge on any atom is 0.231 e. The minimum absolute atomic E-state index is 0.0324. The van der Waals surface area contributed by atoms with Crippen LogP contribution in [0, 0.1) is 0 Å². The number of furan rings is 1. The summed E-state index contributed by atoms with van der Waals surface area (Å²) in [5.41, 5.74) is 0.793. The van der Waals surface area contributed by atoms with Gasteiger partial charge in [-0.3, -0.25) is 9.59 Å². The van der Waals surface area contributed by atoms with Gasteiger partial charge in [-0.2, -0.15) is 0 Å². The fourth-order valence-corrected chi connectivity index (χ4v) is 3.80. The molecule has 0 radical (unpaired) electrons. The topological polar surface area (TPSA) is 111 Å². The molecule has 1 aliphatic rings. The maximum atomic E-state index is 13.3. The van der Waals surface area contributed by atoms with E-state index in [1.54, 1.807) is 42.5 Å². The number of fused-ring (bicyclic) bond motifs is 2. The van der Waals surface area contributed by atoms with Gasteiger partial charge in [0.1, 0.15) is 17.1 Å². The number of rotatable bonds is 6. The number of hydrogen-bond donors (Lipinski definition) is 2. The van der Waals surface area contributed by atoms with E-state index in [-0.39, 0.29) is 42.4 Å². The van der Waals surface area contributed by atoms with Crippen LogP contribution in [0.3, 0.4) is 0 Å². The van der Waals surface area contributed by atoms with Crippen molar-refractivity contribution in [3.63, 3.8) is 0 Å². The zero-order chi connectivity index (χ0) is 22.1. The van der Waals surface area contributed by atoms with Crippen LogP contribution in [-0.4, -0.2) is 17.8 Å². The van der Waals surface area contributed by atoms with Crippen molar-refractivity contribution in [3.8, 4) is 17.2 Å². The third kappa shape index (κ3) is 3.66. The second-order valence-electron chi connectivity index (χ2n) is 7.39. The molecule has 3 heterocycles. The van der Waals surface area contributed by atoms with Crippen LogP contribution >= 0.6 is 0 Å². The molecule has 2 aromatic carbocycles. The molecule has 0 bridgehead atoms. The molecule has 0 unspecified atom stereocenters. The summed E-state index contributed by atoms with van der Waals surface area (Å²) in [6.45, 7) is 0.239. The van der Waals surface area contributed by atoms with Crippen molar-refractivity contribution in [2.45, 2.75) is 18.9 Å². The number of carbonyl (C=O) groups excluding carboxylic acids is 1. The zero-order valence-electron chi connectivity index (χ0n) is 16.9. The van der Waals surface area contributed by atoms with Crippen molar-refractivity contribution in [1.82, 2.24) is 5.32 Å². The number of nitrogens with one attached hydrogen (secondary N) is 1. The minimum atomic E-state index is -0.776. The highest BCUT2D eigenvalue weighted by molar-refractivity contribution is 5.80. The van der Waals surface area contributed by atoms with Gasteiger partial charge in [-0.25, -0.2) is 0 Å². The molecule has 8 heteroatoms. The monoisotopic (exact) mass is 433 g/mol. The van der Waals surface area contributed by atoms with Gasteiger partial charge in [0.05, 0.1) is 24.5 Å². The number of carbonyl (C=O) groups is 1. The van der Waals surface area contributed by atoms with Crippen LogP contribution in [-0.2, 0) is 11.3 Å². The van der Waals surface area contributed by atoms with Crippen LogP contribution in [0.1, 0.15) is 29.2 Å². The molecule has 1 amide bonds. The lowest BCUT2D eigenvalue weighted by Crippen LogP contribution is -2.26. The highest BCUT2D eigenvalue weighted by atomic mass is 16.7. The molecule has 32 heavy (non-hydrogen) atoms. The summed E-state index contributed by atoms with van der Waals surface area (Å²) in [4.78, 5) is 26.1. The third-order valence-corrected chi connectivity index (χ3v) is 5.41. The molecule has 0 fully saturated rings. The highest BCUT2D eigenvalue weighted by Gasteiger charge is 2.28. The van der Waals surface area contributed by atoms with Crippen molar-refractivity contribution in [2.24, 2.45) is 0 Å². The molecular weight excluding hydrogens is 414 g/mol. The number of ether oxygens (including phenoxy) is 2. The van der Waals surface area contributed by atoms with E-state index in [4.69, 9.17) is 18.3 Å². The van der Waals surface area contributed by atoms with Crippen molar-refractivity contribution in [3.05, 3.63) is 88.2 Å². The predicted molar refractivity (Wildman–Crippen MR) is 114 cm³/mol. The molecule has 0 aliphatic carbocycles. The molecule has 0 spiro atoms. The molecule has 2 N–H and O–H groups in total. The first-order valence-corrected chi connectivity index (χ1v) is 10.0. The number of hydrogen-bond acceptors (Lipinski definition) is 7. The molecule has 0 saturated carbocycles. The predicted octanol–water partition coefficient (Wildman–Crippen LogP) is 3.66. The summed E-state index contributed by atoms with van der Waals surface area (Å²) < 4.78 is 21.7. The van der Waals surface area contributed by atoms with Crippen LogP contribution in [0.5, 0.6) is 17.2 Å². The van der Waals surface area contributed by atoms with Gasteiger partial charge in [0.2, 0.25) is 12.7 Å². The first kappa shape index (κ1) is 19.7. The summed E-state index contributed by atoms with van der Waals surface area (Å²) in [5, 5.41) is 13.9. The van der Waals surface area contributed by atoms with E-state index >= 15 is 0 Å². The average molecular weight is 433 g/mol. The molecule has 2 aromatic heterocycles. The highest BCUT2D eigenvalue weighted by Crippen LogP contribution is 2.42. The maximum absolute atomic E-state index is 13.3. The van der Waals surface area contributed by atoms with Gasteiger partial charge >= 0.3 is 0 Å². The molecule has 0 saturated heterocycles. The molecule has 4 aromatic rings. The SMILES string of the molecule is O=C(C[C@@H](c1cc2c(cc1O)OCO2)c1coc2ccccc2c1=O)NCc1ccco1. The van der Waals surface area contributed by atoms with Crippen molar-refractivity contribution in [1.29, 1.82) is 0 Å². The van der Waals surface area contributed by atoms with E-state index in [2.05, 4.69) is 5.32 Å². The fraction of sp³-hybridized carbons (Fsp3) is 0.167. The first-order chi connectivity index (χ1) is 15.6. The lowest BCUT2D eigenvalue weighted by atomic mass is 9.87. The van der Waals surface area contributed by atoms with Gasteiger partial charge in [-0.1, -0.05) is 12.1 Å². The van der Waals surface area contributed by atoms with Gasteiger partial charge < -0.3 is 28.7 Å². The fourth-order valence-electron chi connectivity index (χ4n) is 3.80. The summed E-state index contributed by atoms with van der Waals surface area (Å²) in [5.74, 6) is 0.233. The number of phenols is 1. The lowest BCUT2D eigenvalue weighted by Gasteiger charge is -2.19. The van der Waals surface area contributed by atoms with Crippen molar-refractivity contribution < 1.29 is 28.2 Å². The second kappa shape index (κ2) is 8.14. The van der Waals surface area contributed by atoms with Crippen LogP contribution in [0.2, 0.25) is 0 Å². The van der Waals surface area contributed by atoms with Crippen LogP contribution in [0.25, 0.3) is 11.0 Å². The van der Waals surface area contributed by atoms with E-state index in [9.17, 15) is 14.7 Å². The molecule has 1 atom stereocenters. The molecule has 5 rings (SSSR count). The van der Waals surface area contributed by atoms with Crippen molar-refractivity contribution in [2.75, 3.05) is 6.79 Å². The second-order valence-corrected chi connectivity index (χ2v) is 7.39. The van der Waals surface area contributed by atoms with E-state index < -0.39 is 5.92 Å². The minimum Gasteiger partial charge on any atom is -0.508 e. The van der Waals surface area contributed by atoms with Crippen LogP contribution in [0.4, 0.5) is 0 Å². The Morgan fingerprint density at radius 1 is 1.03 bits per heavy atom. The average Bonchev–Trinajstić information content (AvgIpc) is 3.48. The largest absolute Gasteiger partial charge is 0.508 e. The van der Waals surface area contributed by atoms with Gasteiger partial charge in [0.15, 0.2) is 16.9 Å². The molecule has 1 aliphatic heterocycles. The summed E-state index contributed by atoms with van der Waals surface area (Å²) in [7, 11) is 0. The molecule has 8 nitrogen and oxygen atoms in total. The van der Waals surface area contributed by atoms with Crippen LogP contribution < -0.4 is 20.2 Å². The number of benzene rings is 2. The Balaban J connectivity index is 1.54. The zero-order valence-corrected chi connectivity index (χ0v) is 16.9. The standard InChI is InChI=1S/C24H19NO7/c26-19-10-22-21(31-13-32-22)8-17(19)16(9-23(27)25-11-14-4-3-7-29-14)18-12-30-20-6-2-1-5-15(20)24(18)28/h1-8,10,12,16,26H,9,11,13H2,(H,25,27)/t16-/m0/s1. The van der Waals surface area contributed by atoms with Crippen molar-refractivity contribution >= 4 is 16.9 Å². The molecule has 162 valence electrons. The number of para-hydroxylation sites is 1. The van der Waals surface area contributed by atoms with Gasteiger partial charge in [0.25, 0.3) is 0 Å². The number of aromatic hydroxyl groups is 1. The summed E-state index contributed by atoms with van der Waals surface area (Å²) in [6, 6.07) is 13.4. The Bertz CT molecular complexity index is 1340. The first-order valence-electron chi connectivity index (χ1n) is 10.0. The van der Waals surface area contributed by atoms with Crippen LogP contribution in [0.15, 0.2) is 74.7 Å². The van der Waals surface area contributed by atoms with Gasteiger partial charge in [-0.15, -0.1) is 0 Å². The Hall–Kier alpha value is -4.20. The van der Waals surface area contributed by atoms with Gasteiger partial charge in [-0.05, 0) is 30.3 Å². The smallest absolute Gasteiger partial charge is 0.231 e. The number of amides is 1. The summed E-state index contributed by atoms with van der Waals surface area (Å²) >= 11 is 0.